The summed E-state index contributed by atoms with van der Waals surface area (Å²) in [6, 6.07) is 7.95. The maximum atomic E-state index is 12.5. The molecule has 5 heteroatoms. The first-order chi connectivity index (χ1) is 11.2. The molecule has 0 bridgehead atoms. The zero-order valence-electron chi connectivity index (χ0n) is 13.7. The summed E-state index contributed by atoms with van der Waals surface area (Å²) in [4.78, 5) is 18.6. The van der Waals surface area contributed by atoms with Gasteiger partial charge in [0, 0.05) is 31.4 Å². The fourth-order valence-electron chi connectivity index (χ4n) is 2.95. The number of carbonyl (C=O) groups excluding carboxylic acids is 1. The Hall–Kier alpha value is -2.30. The third-order valence-corrected chi connectivity index (χ3v) is 4.29. The van der Waals surface area contributed by atoms with E-state index in [4.69, 9.17) is 4.42 Å². The molecule has 0 saturated carbocycles. The SMILES string of the molecule is CCc1ccc([C@H]2CCCN2C(=O)NCc2ccc(C)nc2)o1. The molecule has 2 amide bonds. The van der Waals surface area contributed by atoms with Crippen LogP contribution < -0.4 is 5.32 Å². The largest absolute Gasteiger partial charge is 0.464 e. The molecule has 1 atom stereocenters. The summed E-state index contributed by atoms with van der Waals surface area (Å²) >= 11 is 0. The molecule has 23 heavy (non-hydrogen) atoms. The van der Waals surface area contributed by atoms with E-state index < -0.39 is 0 Å². The van der Waals surface area contributed by atoms with E-state index in [0.29, 0.717) is 6.54 Å². The highest BCUT2D eigenvalue weighted by Gasteiger charge is 2.31. The summed E-state index contributed by atoms with van der Waals surface area (Å²) in [6.07, 6.45) is 4.64. The van der Waals surface area contributed by atoms with E-state index in [2.05, 4.69) is 17.2 Å². The van der Waals surface area contributed by atoms with Crippen molar-refractivity contribution in [1.82, 2.24) is 15.2 Å². The average molecular weight is 313 g/mol. The molecule has 5 nitrogen and oxygen atoms in total. The lowest BCUT2D eigenvalue weighted by atomic mass is 10.2. The van der Waals surface area contributed by atoms with Gasteiger partial charge in [0.1, 0.15) is 11.5 Å². The topological polar surface area (TPSA) is 58.4 Å². The molecule has 1 fully saturated rings. The van der Waals surface area contributed by atoms with Crippen LogP contribution in [0.25, 0.3) is 0 Å². The molecule has 3 heterocycles. The zero-order valence-corrected chi connectivity index (χ0v) is 13.7. The lowest BCUT2D eigenvalue weighted by molar-refractivity contribution is 0.185. The molecule has 1 aliphatic rings. The molecular formula is C18H23N3O2. The minimum atomic E-state index is -0.0393. The minimum Gasteiger partial charge on any atom is -0.464 e. The van der Waals surface area contributed by atoms with Gasteiger partial charge in [-0.2, -0.15) is 0 Å². The molecule has 1 aliphatic heterocycles. The van der Waals surface area contributed by atoms with Crippen molar-refractivity contribution in [2.75, 3.05) is 6.54 Å². The van der Waals surface area contributed by atoms with Crippen LogP contribution in [0.2, 0.25) is 0 Å². The second kappa shape index (κ2) is 6.86. The summed E-state index contributed by atoms with van der Waals surface area (Å²) in [6.45, 7) is 5.28. The number of likely N-dealkylation sites (tertiary alicyclic amines) is 1. The Morgan fingerprint density at radius 3 is 2.96 bits per heavy atom. The van der Waals surface area contributed by atoms with Crippen molar-refractivity contribution in [3.05, 3.63) is 53.2 Å². The first-order valence-electron chi connectivity index (χ1n) is 8.22. The van der Waals surface area contributed by atoms with Crippen LogP contribution in [0.15, 0.2) is 34.9 Å². The number of rotatable bonds is 4. The Morgan fingerprint density at radius 2 is 2.26 bits per heavy atom. The maximum Gasteiger partial charge on any atom is 0.318 e. The maximum absolute atomic E-state index is 12.5. The van der Waals surface area contributed by atoms with Gasteiger partial charge in [-0.3, -0.25) is 4.98 Å². The molecule has 2 aromatic heterocycles. The van der Waals surface area contributed by atoms with E-state index in [9.17, 15) is 4.79 Å². The van der Waals surface area contributed by atoms with E-state index in [1.54, 1.807) is 6.20 Å². The number of urea groups is 1. The molecule has 1 N–H and O–H groups in total. The summed E-state index contributed by atoms with van der Waals surface area (Å²) in [5, 5.41) is 2.99. The van der Waals surface area contributed by atoms with Crippen LogP contribution in [0.3, 0.4) is 0 Å². The van der Waals surface area contributed by atoms with E-state index in [1.165, 1.54) is 0 Å². The lowest BCUT2D eigenvalue weighted by Gasteiger charge is -2.23. The Morgan fingerprint density at radius 1 is 1.39 bits per heavy atom. The number of pyridine rings is 1. The Labute approximate surface area is 136 Å². The molecule has 0 radical (unpaired) electrons. The number of hydrogen-bond donors (Lipinski definition) is 1. The predicted octanol–water partition coefficient (Wildman–Crippen LogP) is 3.59. The minimum absolute atomic E-state index is 0.0393. The Kier molecular flexibility index (Phi) is 4.65. The lowest BCUT2D eigenvalue weighted by Crippen LogP contribution is -2.39. The van der Waals surface area contributed by atoms with Gasteiger partial charge in [0.05, 0.1) is 6.04 Å². The van der Waals surface area contributed by atoms with Crippen LogP contribution in [-0.4, -0.2) is 22.5 Å². The monoisotopic (exact) mass is 313 g/mol. The van der Waals surface area contributed by atoms with Gasteiger partial charge >= 0.3 is 6.03 Å². The second-order valence-corrected chi connectivity index (χ2v) is 5.98. The van der Waals surface area contributed by atoms with Crippen molar-refractivity contribution >= 4 is 6.03 Å². The number of carbonyl (C=O) groups is 1. The highest BCUT2D eigenvalue weighted by molar-refractivity contribution is 5.75. The van der Waals surface area contributed by atoms with Crippen molar-refractivity contribution in [1.29, 1.82) is 0 Å². The number of hydrogen-bond acceptors (Lipinski definition) is 3. The summed E-state index contributed by atoms with van der Waals surface area (Å²) in [5.41, 5.74) is 1.98. The van der Waals surface area contributed by atoms with Crippen LogP contribution in [-0.2, 0) is 13.0 Å². The van der Waals surface area contributed by atoms with Crippen LogP contribution in [0, 0.1) is 6.92 Å². The standard InChI is InChI=1S/C18H23N3O2/c1-3-15-8-9-17(23-15)16-5-4-10-21(16)18(22)20-12-14-7-6-13(2)19-11-14/h6-9,11,16H,3-5,10,12H2,1-2H3,(H,20,22)/t16-/m1/s1. The fourth-order valence-corrected chi connectivity index (χ4v) is 2.95. The predicted molar refractivity (Wildman–Crippen MR) is 88.0 cm³/mol. The Bertz CT molecular complexity index is 663. The number of nitrogens with one attached hydrogen (secondary N) is 1. The number of aromatic nitrogens is 1. The third kappa shape index (κ3) is 3.55. The van der Waals surface area contributed by atoms with E-state index >= 15 is 0 Å². The number of furan rings is 1. The van der Waals surface area contributed by atoms with Crippen molar-refractivity contribution < 1.29 is 9.21 Å². The first kappa shape index (κ1) is 15.6. The number of amides is 2. The molecule has 1 saturated heterocycles. The van der Waals surface area contributed by atoms with Gasteiger partial charge < -0.3 is 14.6 Å². The third-order valence-electron chi connectivity index (χ3n) is 4.29. The van der Waals surface area contributed by atoms with E-state index in [1.807, 2.05) is 36.1 Å². The van der Waals surface area contributed by atoms with Crippen LogP contribution in [0.1, 0.15) is 48.6 Å². The van der Waals surface area contributed by atoms with Gasteiger partial charge in [-0.15, -0.1) is 0 Å². The highest BCUT2D eigenvalue weighted by Crippen LogP contribution is 2.33. The van der Waals surface area contributed by atoms with Crippen molar-refractivity contribution in [2.24, 2.45) is 0 Å². The highest BCUT2D eigenvalue weighted by atomic mass is 16.3. The van der Waals surface area contributed by atoms with Crippen LogP contribution >= 0.6 is 0 Å². The van der Waals surface area contributed by atoms with E-state index in [0.717, 1.165) is 48.6 Å². The van der Waals surface area contributed by atoms with Crippen molar-refractivity contribution in [3.63, 3.8) is 0 Å². The van der Waals surface area contributed by atoms with Gasteiger partial charge in [-0.25, -0.2) is 4.79 Å². The number of aryl methyl sites for hydroxylation is 2. The van der Waals surface area contributed by atoms with Gasteiger partial charge in [0.25, 0.3) is 0 Å². The quantitative estimate of drug-likeness (QED) is 0.938. The fraction of sp³-hybridized carbons (Fsp3) is 0.444. The molecular weight excluding hydrogens is 290 g/mol. The van der Waals surface area contributed by atoms with Gasteiger partial charge in [-0.1, -0.05) is 13.0 Å². The molecule has 0 aliphatic carbocycles. The van der Waals surface area contributed by atoms with Crippen LogP contribution in [0.4, 0.5) is 4.79 Å². The van der Waals surface area contributed by atoms with Crippen molar-refractivity contribution in [2.45, 2.75) is 45.7 Å². The second-order valence-electron chi connectivity index (χ2n) is 5.98. The summed E-state index contributed by atoms with van der Waals surface area (Å²) in [5.74, 6) is 1.87. The summed E-state index contributed by atoms with van der Waals surface area (Å²) < 4.78 is 5.84. The van der Waals surface area contributed by atoms with Gasteiger partial charge in [-0.05, 0) is 43.5 Å². The smallest absolute Gasteiger partial charge is 0.318 e. The Balaban J connectivity index is 1.62. The molecule has 2 aromatic rings. The van der Waals surface area contributed by atoms with Gasteiger partial charge in [0.2, 0.25) is 0 Å². The van der Waals surface area contributed by atoms with Crippen molar-refractivity contribution in [3.8, 4) is 0 Å². The van der Waals surface area contributed by atoms with Gasteiger partial charge in [0.15, 0.2) is 0 Å². The van der Waals surface area contributed by atoms with Crippen LogP contribution in [0.5, 0.6) is 0 Å². The molecule has 122 valence electrons. The molecule has 0 spiro atoms. The molecule has 3 rings (SSSR count). The number of nitrogens with zero attached hydrogens (tertiary/aromatic N) is 2. The van der Waals surface area contributed by atoms with E-state index in [-0.39, 0.29) is 12.1 Å². The average Bonchev–Trinajstić information content (AvgIpc) is 3.22. The normalized spacial score (nSPS) is 17.5. The molecule has 0 unspecified atom stereocenters. The molecule has 0 aromatic carbocycles. The summed E-state index contributed by atoms with van der Waals surface area (Å²) in [7, 11) is 0. The zero-order chi connectivity index (χ0) is 16.2. The first-order valence-corrected chi connectivity index (χ1v) is 8.22.